The van der Waals surface area contributed by atoms with Crippen molar-refractivity contribution in [1.82, 2.24) is 10.2 Å². The Morgan fingerprint density at radius 3 is 2.62 bits per heavy atom. The van der Waals surface area contributed by atoms with E-state index in [1.165, 1.54) is 24.8 Å². The standard InChI is InChI=1S/C17H26N2O3.2ClH/c1-3-4-5-14(19-8-6-18-7-9-19)13-10-15(20-2)17-16(11-13)21-12-22-17;;/h10-11,14,18H,3-9,12H2,1-2H3;2*1H/t14-;;/m1../s1. The molecule has 3 rings (SSSR count). The topological polar surface area (TPSA) is 43.0 Å². The third-order valence-electron chi connectivity index (χ3n) is 4.49. The Morgan fingerprint density at radius 2 is 1.96 bits per heavy atom. The summed E-state index contributed by atoms with van der Waals surface area (Å²) >= 11 is 0. The van der Waals surface area contributed by atoms with Crippen LogP contribution < -0.4 is 19.5 Å². The molecule has 7 heteroatoms. The van der Waals surface area contributed by atoms with Crippen molar-refractivity contribution in [2.24, 2.45) is 0 Å². The Balaban J connectivity index is 0.00000144. The van der Waals surface area contributed by atoms with E-state index in [2.05, 4.69) is 29.3 Å². The summed E-state index contributed by atoms with van der Waals surface area (Å²) in [6.45, 7) is 6.82. The van der Waals surface area contributed by atoms with E-state index in [-0.39, 0.29) is 31.6 Å². The fourth-order valence-corrected chi connectivity index (χ4v) is 3.29. The summed E-state index contributed by atoms with van der Waals surface area (Å²) in [4.78, 5) is 2.57. The molecule has 0 spiro atoms. The molecule has 0 saturated carbocycles. The van der Waals surface area contributed by atoms with Gasteiger partial charge in [0.15, 0.2) is 11.5 Å². The molecule has 1 fully saturated rings. The summed E-state index contributed by atoms with van der Waals surface area (Å²) in [5, 5.41) is 3.43. The largest absolute Gasteiger partial charge is 0.493 e. The zero-order valence-corrected chi connectivity index (χ0v) is 16.0. The number of halogens is 2. The van der Waals surface area contributed by atoms with Crippen LogP contribution in [0.3, 0.4) is 0 Å². The molecule has 0 aliphatic carbocycles. The van der Waals surface area contributed by atoms with Crippen LogP contribution in [-0.4, -0.2) is 45.0 Å². The van der Waals surface area contributed by atoms with Gasteiger partial charge in [-0.1, -0.05) is 19.8 Å². The summed E-state index contributed by atoms with van der Waals surface area (Å²) in [5.74, 6) is 2.33. The first-order chi connectivity index (χ1) is 10.8. The van der Waals surface area contributed by atoms with Crippen LogP contribution in [0.1, 0.15) is 37.8 Å². The van der Waals surface area contributed by atoms with Gasteiger partial charge < -0.3 is 19.5 Å². The van der Waals surface area contributed by atoms with Crippen LogP contribution in [0.5, 0.6) is 17.2 Å². The molecule has 1 N–H and O–H groups in total. The van der Waals surface area contributed by atoms with Gasteiger partial charge in [0.2, 0.25) is 12.5 Å². The highest BCUT2D eigenvalue weighted by Gasteiger charge is 2.26. The smallest absolute Gasteiger partial charge is 0.231 e. The molecule has 138 valence electrons. The molecule has 2 heterocycles. The normalized spacial score (nSPS) is 17.6. The monoisotopic (exact) mass is 378 g/mol. The lowest BCUT2D eigenvalue weighted by Crippen LogP contribution is -2.45. The highest BCUT2D eigenvalue weighted by Crippen LogP contribution is 2.44. The maximum Gasteiger partial charge on any atom is 0.231 e. The number of fused-ring (bicyclic) bond motifs is 1. The Hall–Kier alpha value is -0.880. The Bertz CT molecular complexity index is 511. The van der Waals surface area contributed by atoms with Crippen molar-refractivity contribution in [2.75, 3.05) is 40.1 Å². The first-order valence-electron chi connectivity index (χ1n) is 8.25. The van der Waals surface area contributed by atoms with Gasteiger partial charge in [0.25, 0.3) is 0 Å². The van der Waals surface area contributed by atoms with Gasteiger partial charge in [-0.05, 0) is 24.1 Å². The summed E-state index contributed by atoms with van der Waals surface area (Å²) in [6, 6.07) is 4.67. The summed E-state index contributed by atoms with van der Waals surface area (Å²) in [7, 11) is 1.69. The quantitative estimate of drug-likeness (QED) is 0.821. The first-order valence-corrected chi connectivity index (χ1v) is 8.25. The molecule has 0 aromatic heterocycles. The number of ether oxygens (including phenoxy) is 3. The minimum atomic E-state index is 0. The number of nitrogens with zero attached hydrogens (tertiary/aromatic N) is 1. The van der Waals surface area contributed by atoms with Crippen LogP contribution in [0, 0.1) is 0 Å². The molecule has 0 bridgehead atoms. The SMILES string of the molecule is CCCC[C@H](c1cc(OC)c2c(c1)OCO2)N1CCNCC1.Cl.Cl. The van der Waals surface area contributed by atoms with Gasteiger partial charge in [-0.2, -0.15) is 0 Å². The van der Waals surface area contributed by atoms with Gasteiger partial charge in [-0.15, -0.1) is 24.8 Å². The lowest BCUT2D eigenvalue weighted by molar-refractivity contribution is 0.162. The lowest BCUT2D eigenvalue weighted by Gasteiger charge is -2.35. The van der Waals surface area contributed by atoms with Gasteiger partial charge in [0.1, 0.15) is 0 Å². The van der Waals surface area contributed by atoms with Crippen molar-refractivity contribution >= 4 is 24.8 Å². The minimum absolute atomic E-state index is 0. The van der Waals surface area contributed by atoms with E-state index in [0.717, 1.165) is 43.4 Å². The number of benzene rings is 1. The zero-order chi connectivity index (χ0) is 15.4. The molecule has 1 aromatic rings. The van der Waals surface area contributed by atoms with Crippen LogP contribution in [0.15, 0.2) is 12.1 Å². The van der Waals surface area contributed by atoms with E-state index >= 15 is 0 Å². The number of hydrogen-bond acceptors (Lipinski definition) is 5. The van der Waals surface area contributed by atoms with E-state index in [1.807, 2.05) is 0 Å². The van der Waals surface area contributed by atoms with Crippen LogP contribution in [-0.2, 0) is 0 Å². The molecular weight excluding hydrogens is 351 g/mol. The maximum absolute atomic E-state index is 5.59. The third kappa shape index (κ3) is 4.60. The predicted octanol–water partition coefficient (Wildman–Crippen LogP) is 3.40. The lowest BCUT2D eigenvalue weighted by atomic mass is 9.98. The highest BCUT2D eigenvalue weighted by molar-refractivity contribution is 5.85. The van der Waals surface area contributed by atoms with Crippen LogP contribution in [0.4, 0.5) is 0 Å². The predicted molar refractivity (Wildman–Crippen MR) is 100 cm³/mol. The fraction of sp³-hybridized carbons (Fsp3) is 0.647. The van der Waals surface area contributed by atoms with E-state index in [9.17, 15) is 0 Å². The molecule has 5 nitrogen and oxygen atoms in total. The summed E-state index contributed by atoms with van der Waals surface area (Å²) in [6.07, 6.45) is 3.61. The van der Waals surface area contributed by atoms with Crippen molar-refractivity contribution in [1.29, 1.82) is 0 Å². The maximum atomic E-state index is 5.59. The van der Waals surface area contributed by atoms with E-state index in [0.29, 0.717) is 6.04 Å². The van der Waals surface area contributed by atoms with Gasteiger partial charge in [0, 0.05) is 32.2 Å². The van der Waals surface area contributed by atoms with Crippen molar-refractivity contribution in [2.45, 2.75) is 32.2 Å². The van der Waals surface area contributed by atoms with Gasteiger partial charge in [-0.3, -0.25) is 4.90 Å². The van der Waals surface area contributed by atoms with Crippen LogP contribution in [0.2, 0.25) is 0 Å². The van der Waals surface area contributed by atoms with Gasteiger partial charge >= 0.3 is 0 Å². The molecule has 1 saturated heterocycles. The van der Waals surface area contributed by atoms with Crippen molar-refractivity contribution < 1.29 is 14.2 Å². The van der Waals surface area contributed by atoms with Crippen LogP contribution >= 0.6 is 24.8 Å². The Morgan fingerprint density at radius 1 is 1.21 bits per heavy atom. The van der Waals surface area contributed by atoms with Crippen molar-refractivity contribution in [3.05, 3.63) is 17.7 Å². The molecule has 2 aliphatic heterocycles. The van der Waals surface area contributed by atoms with Crippen molar-refractivity contribution in [3.63, 3.8) is 0 Å². The second-order valence-corrected chi connectivity index (χ2v) is 5.90. The number of nitrogens with one attached hydrogen (secondary N) is 1. The Kier molecular flexibility index (Phi) is 8.98. The molecule has 1 aromatic carbocycles. The molecule has 2 aliphatic rings. The average molecular weight is 379 g/mol. The number of rotatable bonds is 6. The van der Waals surface area contributed by atoms with Crippen LogP contribution in [0.25, 0.3) is 0 Å². The molecule has 24 heavy (non-hydrogen) atoms. The third-order valence-corrected chi connectivity index (χ3v) is 4.49. The fourth-order valence-electron chi connectivity index (χ4n) is 3.29. The second-order valence-electron chi connectivity index (χ2n) is 5.90. The molecule has 1 atom stereocenters. The Labute approximate surface area is 156 Å². The second kappa shape index (κ2) is 10.2. The van der Waals surface area contributed by atoms with Gasteiger partial charge in [-0.25, -0.2) is 0 Å². The molecule has 0 radical (unpaired) electrons. The van der Waals surface area contributed by atoms with E-state index < -0.39 is 0 Å². The van der Waals surface area contributed by atoms with E-state index in [1.54, 1.807) is 7.11 Å². The number of hydrogen-bond donors (Lipinski definition) is 1. The highest BCUT2D eigenvalue weighted by atomic mass is 35.5. The average Bonchev–Trinajstić information content (AvgIpc) is 3.04. The number of unbranched alkanes of at least 4 members (excludes halogenated alkanes) is 1. The summed E-state index contributed by atoms with van der Waals surface area (Å²) in [5.41, 5.74) is 1.27. The zero-order valence-electron chi connectivity index (χ0n) is 14.4. The molecule has 0 amide bonds. The number of methoxy groups -OCH3 is 1. The number of piperazine rings is 1. The van der Waals surface area contributed by atoms with E-state index in [4.69, 9.17) is 14.2 Å². The first kappa shape index (κ1) is 21.2. The minimum Gasteiger partial charge on any atom is -0.493 e. The van der Waals surface area contributed by atoms with Gasteiger partial charge in [0.05, 0.1) is 7.11 Å². The summed E-state index contributed by atoms with van der Waals surface area (Å²) < 4.78 is 16.6. The van der Waals surface area contributed by atoms with Crippen molar-refractivity contribution in [3.8, 4) is 17.2 Å². The molecular formula is C17H28Cl2N2O3. The molecule has 0 unspecified atom stereocenters.